The lowest BCUT2D eigenvalue weighted by molar-refractivity contribution is -0.00179. The van der Waals surface area contributed by atoms with Gasteiger partial charge in [-0.25, -0.2) is 0 Å². The van der Waals surface area contributed by atoms with Crippen molar-refractivity contribution in [1.29, 1.82) is 0 Å². The van der Waals surface area contributed by atoms with Crippen molar-refractivity contribution in [2.24, 2.45) is 0 Å². The molecule has 1 unspecified atom stereocenters. The van der Waals surface area contributed by atoms with Gasteiger partial charge >= 0.3 is 8.80 Å². The first-order chi connectivity index (χ1) is 11.2. The van der Waals surface area contributed by atoms with Gasteiger partial charge in [0.1, 0.15) is 0 Å². The van der Waals surface area contributed by atoms with E-state index in [0.29, 0.717) is 59.5 Å². The Balaban J connectivity index is 4.66. The van der Waals surface area contributed by atoms with Crippen LogP contribution in [0.2, 0.25) is 5.54 Å². The molecule has 0 rings (SSSR count). The zero-order valence-corrected chi connectivity index (χ0v) is 16.6. The SMILES string of the molecule is CCOCCO[Si](OCCOCC)(OCCOCC)C(C)CC. The number of hydrogen-bond acceptors (Lipinski definition) is 6. The minimum absolute atomic E-state index is 0.215. The Kier molecular flexibility index (Phi) is 15.5. The molecule has 0 heterocycles. The monoisotopic (exact) mass is 352 g/mol. The van der Waals surface area contributed by atoms with E-state index in [0.717, 1.165) is 6.42 Å². The van der Waals surface area contributed by atoms with E-state index >= 15 is 0 Å². The van der Waals surface area contributed by atoms with Gasteiger partial charge in [-0.3, -0.25) is 0 Å². The lowest BCUT2D eigenvalue weighted by Gasteiger charge is -2.34. The maximum Gasteiger partial charge on any atom is 0.504 e. The molecule has 0 aromatic carbocycles. The normalized spacial score (nSPS) is 13.4. The topological polar surface area (TPSA) is 55.4 Å². The van der Waals surface area contributed by atoms with Crippen LogP contribution in [0.25, 0.3) is 0 Å². The van der Waals surface area contributed by atoms with E-state index in [-0.39, 0.29) is 5.54 Å². The second-order valence-corrected chi connectivity index (χ2v) is 8.11. The maximum absolute atomic E-state index is 6.10. The third-order valence-electron chi connectivity index (χ3n) is 3.42. The van der Waals surface area contributed by atoms with E-state index in [9.17, 15) is 0 Å². The first-order valence-electron chi connectivity index (χ1n) is 8.81. The molecule has 0 fully saturated rings. The lowest BCUT2D eigenvalue weighted by atomic mass is 10.4. The second-order valence-electron chi connectivity index (χ2n) is 5.05. The van der Waals surface area contributed by atoms with Crippen molar-refractivity contribution in [3.8, 4) is 0 Å². The summed E-state index contributed by atoms with van der Waals surface area (Å²) in [6.45, 7) is 15.3. The van der Waals surface area contributed by atoms with Gasteiger partial charge in [0, 0.05) is 25.4 Å². The highest BCUT2D eigenvalue weighted by molar-refractivity contribution is 6.62. The summed E-state index contributed by atoms with van der Waals surface area (Å²) >= 11 is 0. The standard InChI is InChI=1S/C16H36O6Si/c1-6-16(5)23(20-13-10-17-7-2,21-14-11-18-8-3)22-15-12-19-9-4/h16H,6-15H2,1-5H3. The van der Waals surface area contributed by atoms with Crippen LogP contribution in [0.1, 0.15) is 41.0 Å². The summed E-state index contributed by atoms with van der Waals surface area (Å²) in [7, 11) is -2.79. The molecule has 0 aliphatic heterocycles. The predicted octanol–water partition coefficient (Wildman–Crippen LogP) is 2.88. The molecule has 0 radical (unpaired) electrons. The Morgan fingerprint density at radius 1 is 0.609 bits per heavy atom. The van der Waals surface area contributed by atoms with Crippen molar-refractivity contribution in [1.82, 2.24) is 0 Å². The molecule has 0 aliphatic rings. The number of hydrogen-bond donors (Lipinski definition) is 0. The summed E-state index contributed by atoms with van der Waals surface area (Å²) in [5.74, 6) is 0. The molecule has 0 aromatic heterocycles. The highest BCUT2D eigenvalue weighted by Gasteiger charge is 2.46. The molecule has 0 N–H and O–H groups in total. The zero-order chi connectivity index (χ0) is 17.4. The van der Waals surface area contributed by atoms with Gasteiger partial charge in [0.15, 0.2) is 0 Å². The summed E-state index contributed by atoms with van der Waals surface area (Å²) in [5, 5.41) is 0. The van der Waals surface area contributed by atoms with Gasteiger partial charge in [0.25, 0.3) is 0 Å². The average molecular weight is 353 g/mol. The van der Waals surface area contributed by atoms with Crippen molar-refractivity contribution in [2.45, 2.75) is 46.6 Å². The minimum atomic E-state index is -2.79. The van der Waals surface area contributed by atoms with Gasteiger partial charge in [0.05, 0.1) is 39.6 Å². The first-order valence-corrected chi connectivity index (χ1v) is 10.6. The van der Waals surface area contributed by atoms with Gasteiger partial charge in [-0.1, -0.05) is 13.8 Å². The second kappa shape index (κ2) is 15.5. The first kappa shape index (κ1) is 23.0. The van der Waals surface area contributed by atoms with Crippen LogP contribution in [0.5, 0.6) is 0 Å². The van der Waals surface area contributed by atoms with Crippen molar-refractivity contribution in [2.75, 3.05) is 59.5 Å². The molecule has 0 spiro atoms. The summed E-state index contributed by atoms with van der Waals surface area (Å²) in [6.07, 6.45) is 0.935. The fourth-order valence-electron chi connectivity index (χ4n) is 1.96. The van der Waals surface area contributed by atoms with Crippen LogP contribution in [-0.2, 0) is 27.5 Å². The highest BCUT2D eigenvalue weighted by Crippen LogP contribution is 2.28. The molecule has 0 bridgehead atoms. The van der Waals surface area contributed by atoms with Crippen molar-refractivity contribution < 1.29 is 27.5 Å². The van der Waals surface area contributed by atoms with Crippen LogP contribution >= 0.6 is 0 Å². The van der Waals surface area contributed by atoms with Crippen LogP contribution in [0.3, 0.4) is 0 Å². The molecule has 0 amide bonds. The van der Waals surface area contributed by atoms with E-state index in [1.165, 1.54) is 0 Å². The molecular formula is C16H36O6Si. The van der Waals surface area contributed by atoms with Crippen LogP contribution in [0, 0.1) is 0 Å². The van der Waals surface area contributed by atoms with Gasteiger partial charge in [-0.05, 0) is 27.2 Å². The lowest BCUT2D eigenvalue weighted by Crippen LogP contribution is -2.51. The number of rotatable bonds is 17. The van der Waals surface area contributed by atoms with Crippen LogP contribution in [0.15, 0.2) is 0 Å². The smallest absolute Gasteiger partial charge is 0.379 e. The van der Waals surface area contributed by atoms with Crippen LogP contribution in [-0.4, -0.2) is 68.3 Å². The number of ether oxygens (including phenoxy) is 3. The molecule has 1 atom stereocenters. The molecule has 0 aliphatic carbocycles. The van der Waals surface area contributed by atoms with E-state index in [1.54, 1.807) is 0 Å². The van der Waals surface area contributed by atoms with E-state index in [1.807, 2.05) is 20.8 Å². The van der Waals surface area contributed by atoms with Gasteiger partial charge < -0.3 is 27.5 Å². The Bertz CT molecular complexity index is 223. The third kappa shape index (κ3) is 10.4. The van der Waals surface area contributed by atoms with Gasteiger partial charge in [-0.2, -0.15) is 0 Å². The van der Waals surface area contributed by atoms with E-state index < -0.39 is 8.80 Å². The van der Waals surface area contributed by atoms with Crippen molar-refractivity contribution >= 4 is 8.80 Å². The molecule has 140 valence electrons. The molecule has 7 heteroatoms. The fraction of sp³-hybridized carbons (Fsp3) is 1.00. The van der Waals surface area contributed by atoms with E-state index in [4.69, 9.17) is 27.5 Å². The Morgan fingerprint density at radius 2 is 0.957 bits per heavy atom. The zero-order valence-electron chi connectivity index (χ0n) is 15.6. The van der Waals surface area contributed by atoms with Crippen LogP contribution < -0.4 is 0 Å². The average Bonchev–Trinajstić information content (AvgIpc) is 2.58. The summed E-state index contributed by atoms with van der Waals surface area (Å²) in [6, 6.07) is 0. The molecule has 0 aromatic rings. The molecule has 0 saturated carbocycles. The quantitative estimate of drug-likeness (QED) is 0.296. The summed E-state index contributed by atoms with van der Waals surface area (Å²) in [5.41, 5.74) is 0.215. The van der Waals surface area contributed by atoms with Crippen molar-refractivity contribution in [3.63, 3.8) is 0 Å². The van der Waals surface area contributed by atoms with Crippen LogP contribution in [0.4, 0.5) is 0 Å². The third-order valence-corrected chi connectivity index (χ3v) is 6.86. The Morgan fingerprint density at radius 3 is 1.22 bits per heavy atom. The maximum atomic E-state index is 6.10. The van der Waals surface area contributed by atoms with Gasteiger partial charge in [-0.15, -0.1) is 0 Å². The van der Waals surface area contributed by atoms with E-state index in [2.05, 4.69) is 13.8 Å². The fourth-order valence-corrected chi connectivity index (χ4v) is 4.67. The molecule has 0 saturated heterocycles. The summed E-state index contributed by atoms with van der Waals surface area (Å²) < 4.78 is 34.4. The van der Waals surface area contributed by atoms with Crippen molar-refractivity contribution in [3.05, 3.63) is 0 Å². The largest absolute Gasteiger partial charge is 0.504 e. The highest BCUT2D eigenvalue weighted by atomic mass is 28.4. The molecule has 6 nitrogen and oxygen atoms in total. The molecule has 23 heavy (non-hydrogen) atoms. The summed E-state index contributed by atoms with van der Waals surface area (Å²) in [4.78, 5) is 0. The Hall–Kier alpha value is -0.0231. The molecular weight excluding hydrogens is 316 g/mol. The predicted molar refractivity (Wildman–Crippen MR) is 92.8 cm³/mol. The minimum Gasteiger partial charge on any atom is -0.379 e. The van der Waals surface area contributed by atoms with Gasteiger partial charge in [0.2, 0.25) is 0 Å². The Labute approximate surface area is 143 Å².